The summed E-state index contributed by atoms with van der Waals surface area (Å²) in [6.45, 7) is 0.368. The van der Waals surface area contributed by atoms with E-state index in [0.29, 0.717) is 24.3 Å². The summed E-state index contributed by atoms with van der Waals surface area (Å²) in [7, 11) is 0. The standard InChI is InChI=1S/C25H16F9N5/c26-15-8-12(9-16(27)19(15)30)21-22(13-10-17(28)20(31)18(29)11-13)37-24(36-21)39-6-4-38(5-7-39)23-14(25(32,33)34)2-1-3-35-23/h1-3,8-11H,4-7H2,(H,36,37). The van der Waals surface area contributed by atoms with Crippen molar-refractivity contribution in [1.29, 1.82) is 0 Å². The van der Waals surface area contributed by atoms with Crippen LogP contribution in [0.2, 0.25) is 0 Å². The van der Waals surface area contributed by atoms with Crippen molar-refractivity contribution >= 4 is 11.8 Å². The first kappa shape index (κ1) is 26.4. The maximum atomic E-state index is 14.0. The van der Waals surface area contributed by atoms with E-state index in [9.17, 15) is 39.5 Å². The summed E-state index contributed by atoms with van der Waals surface area (Å²) in [6, 6.07) is 4.66. The van der Waals surface area contributed by atoms with E-state index in [1.165, 1.54) is 17.2 Å². The zero-order valence-corrected chi connectivity index (χ0v) is 19.6. The Bertz CT molecular complexity index is 1420. The van der Waals surface area contributed by atoms with Gasteiger partial charge in [0.1, 0.15) is 5.82 Å². The number of aromatic nitrogens is 3. The molecule has 0 saturated carbocycles. The number of alkyl halides is 3. The van der Waals surface area contributed by atoms with Gasteiger partial charge in [0.2, 0.25) is 5.95 Å². The molecule has 39 heavy (non-hydrogen) atoms. The minimum absolute atomic E-state index is 0.0481. The normalized spacial score (nSPS) is 14.3. The van der Waals surface area contributed by atoms with Gasteiger partial charge in [0, 0.05) is 43.5 Å². The number of rotatable bonds is 4. The number of aromatic amines is 1. The number of hydrogen-bond donors (Lipinski definition) is 1. The lowest BCUT2D eigenvalue weighted by atomic mass is 10.0. The summed E-state index contributed by atoms with van der Waals surface area (Å²) < 4.78 is 123. The van der Waals surface area contributed by atoms with E-state index in [1.54, 1.807) is 4.90 Å². The molecule has 0 unspecified atom stereocenters. The number of benzene rings is 2. The van der Waals surface area contributed by atoms with E-state index >= 15 is 0 Å². The molecule has 14 heteroatoms. The van der Waals surface area contributed by atoms with Crippen LogP contribution in [0.3, 0.4) is 0 Å². The van der Waals surface area contributed by atoms with Crippen molar-refractivity contribution in [1.82, 2.24) is 15.0 Å². The molecule has 0 spiro atoms. The van der Waals surface area contributed by atoms with E-state index in [4.69, 9.17) is 0 Å². The minimum Gasteiger partial charge on any atom is -0.353 e. The number of halogens is 9. The first-order chi connectivity index (χ1) is 18.4. The Labute approximate surface area is 214 Å². The predicted octanol–water partition coefficient (Wildman–Crippen LogP) is 6.32. The van der Waals surface area contributed by atoms with Crippen LogP contribution in [-0.2, 0) is 6.18 Å². The summed E-state index contributed by atoms with van der Waals surface area (Å²) in [5, 5.41) is 0. The SMILES string of the molecule is Fc1cc(-c2nc(N3CCN(c4ncccc4C(F)(F)F)CC3)[nH]c2-c2cc(F)c(F)c(F)c2)cc(F)c1F. The Kier molecular flexibility index (Phi) is 6.64. The molecule has 0 atom stereocenters. The predicted molar refractivity (Wildman–Crippen MR) is 123 cm³/mol. The highest BCUT2D eigenvalue weighted by Crippen LogP contribution is 2.37. The number of H-pyrrole nitrogens is 1. The fraction of sp³-hybridized carbons (Fsp3) is 0.200. The van der Waals surface area contributed by atoms with Crippen molar-refractivity contribution < 1.29 is 39.5 Å². The average molecular weight is 557 g/mol. The number of pyridine rings is 1. The molecular formula is C25H16F9N5. The summed E-state index contributed by atoms with van der Waals surface area (Å²) in [5.41, 5.74) is -1.82. The van der Waals surface area contributed by atoms with E-state index in [0.717, 1.165) is 6.07 Å². The van der Waals surface area contributed by atoms with Gasteiger partial charge in [-0.2, -0.15) is 13.2 Å². The summed E-state index contributed by atoms with van der Waals surface area (Å²) >= 11 is 0. The molecule has 4 aromatic rings. The highest BCUT2D eigenvalue weighted by molar-refractivity contribution is 5.80. The Hall–Kier alpha value is -4.23. The average Bonchev–Trinajstić information content (AvgIpc) is 3.35. The maximum absolute atomic E-state index is 14.0. The lowest BCUT2D eigenvalue weighted by molar-refractivity contribution is -0.137. The van der Waals surface area contributed by atoms with Gasteiger partial charge in [-0.1, -0.05) is 0 Å². The maximum Gasteiger partial charge on any atom is 0.419 e. The third-order valence-electron chi connectivity index (χ3n) is 6.19. The molecular weight excluding hydrogens is 541 g/mol. The van der Waals surface area contributed by atoms with Gasteiger partial charge in [0.05, 0.1) is 17.0 Å². The molecule has 0 aliphatic carbocycles. The number of anilines is 2. The molecule has 3 heterocycles. The molecule has 1 fully saturated rings. The number of hydrogen-bond acceptors (Lipinski definition) is 4. The van der Waals surface area contributed by atoms with Gasteiger partial charge in [-0.05, 0) is 36.4 Å². The second-order valence-electron chi connectivity index (χ2n) is 8.64. The van der Waals surface area contributed by atoms with Crippen LogP contribution in [0.5, 0.6) is 0 Å². The van der Waals surface area contributed by atoms with Crippen molar-refractivity contribution in [3.05, 3.63) is 83.1 Å². The van der Waals surface area contributed by atoms with Gasteiger partial charge >= 0.3 is 6.18 Å². The fourth-order valence-electron chi connectivity index (χ4n) is 4.32. The molecule has 1 N–H and O–H groups in total. The minimum atomic E-state index is -4.62. The van der Waals surface area contributed by atoms with E-state index in [2.05, 4.69) is 15.0 Å². The van der Waals surface area contributed by atoms with Crippen LogP contribution in [-0.4, -0.2) is 41.1 Å². The Morgan fingerprint density at radius 1 is 0.718 bits per heavy atom. The molecule has 5 rings (SSSR count). The van der Waals surface area contributed by atoms with Crippen LogP contribution in [0.25, 0.3) is 22.5 Å². The Balaban J connectivity index is 1.51. The van der Waals surface area contributed by atoms with Gasteiger partial charge in [-0.3, -0.25) is 0 Å². The Morgan fingerprint density at radius 3 is 1.77 bits per heavy atom. The van der Waals surface area contributed by atoms with Crippen molar-refractivity contribution in [2.24, 2.45) is 0 Å². The number of imidazole rings is 1. The van der Waals surface area contributed by atoms with Crippen LogP contribution in [0.1, 0.15) is 5.56 Å². The van der Waals surface area contributed by atoms with Crippen molar-refractivity contribution in [2.45, 2.75) is 6.18 Å². The first-order valence-corrected chi connectivity index (χ1v) is 11.4. The molecule has 1 saturated heterocycles. The van der Waals surface area contributed by atoms with Gasteiger partial charge in [0.25, 0.3) is 0 Å². The molecule has 0 bridgehead atoms. The van der Waals surface area contributed by atoms with Crippen molar-refractivity contribution in [3.63, 3.8) is 0 Å². The first-order valence-electron chi connectivity index (χ1n) is 11.4. The van der Waals surface area contributed by atoms with Crippen LogP contribution in [0.15, 0.2) is 42.6 Å². The van der Waals surface area contributed by atoms with Crippen LogP contribution >= 0.6 is 0 Å². The third kappa shape index (κ3) is 4.98. The molecule has 1 aliphatic heterocycles. The third-order valence-corrected chi connectivity index (χ3v) is 6.19. The van der Waals surface area contributed by atoms with Gasteiger partial charge in [-0.15, -0.1) is 0 Å². The topological polar surface area (TPSA) is 48.1 Å². The smallest absolute Gasteiger partial charge is 0.353 e. The number of nitrogens with one attached hydrogen (secondary N) is 1. The summed E-state index contributed by atoms with van der Waals surface area (Å²) in [6.07, 6.45) is -3.38. The molecule has 0 radical (unpaired) electrons. The Morgan fingerprint density at radius 2 is 1.23 bits per heavy atom. The lowest BCUT2D eigenvalue weighted by Gasteiger charge is -2.36. The van der Waals surface area contributed by atoms with E-state index in [-0.39, 0.29) is 60.5 Å². The number of nitrogens with zero attached hydrogens (tertiary/aromatic N) is 4. The second-order valence-corrected chi connectivity index (χ2v) is 8.64. The fourth-order valence-corrected chi connectivity index (χ4v) is 4.32. The molecule has 1 aliphatic rings. The second kappa shape index (κ2) is 9.82. The molecule has 2 aromatic carbocycles. The molecule has 2 aromatic heterocycles. The van der Waals surface area contributed by atoms with Crippen molar-refractivity contribution in [2.75, 3.05) is 36.0 Å². The molecule has 0 amide bonds. The van der Waals surface area contributed by atoms with Crippen LogP contribution < -0.4 is 9.80 Å². The summed E-state index contributed by atoms with van der Waals surface area (Å²) in [4.78, 5) is 14.0. The molecule has 204 valence electrons. The van der Waals surface area contributed by atoms with E-state index < -0.39 is 46.6 Å². The quantitative estimate of drug-likeness (QED) is 0.236. The van der Waals surface area contributed by atoms with E-state index in [1.807, 2.05) is 0 Å². The highest BCUT2D eigenvalue weighted by Gasteiger charge is 2.36. The zero-order chi connectivity index (χ0) is 28.1. The lowest BCUT2D eigenvalue weighted by Crippen LogP contribution is -2.47. The monoisotopic (exact) mass is 557 g/mol. The van der Waals surface area contributed by atoms with Crippen molar-refractivity contribution in [3.8, 4) is 22.5 Å². The van der Waals surface area contributed by atoms with Gasteiger partial charge < -0.3 is 14.8 Å². The summed E-state index contributed by atoms with van der Waals surface area (Å²) in [5.74, 6) is -9.82. The van der Waals surface area contributed by atoms with Crippen LogP contribution in [0, 0.1) is 34.9 Å². The van der Waals surface area contributed by atoms with Gasteiger partial charge in [0.15, 0.2) is 34.9 Å². The molecule has 5 nitrogen and oxygen atoms in total. The largest absolute Gasteiger partial charge is 0.419 e. The highest BCUT2D eigenvalue weighted by atomic mass is 19.4. The number of piperazine rings is 1. The van der Waals surface area contributed by atoms with Crippen LogP contribution in [0.4, 0.5) is 51.3 Å². The zero-order valence-electron chi connectivity index (χ0n) is 19.6. The van der Waals surface area contributed by atoms with Gasteiger partial charge in [-0.25, -0.2) is 36.3 Å².